The van der Waals surface area contributed by atoms with Crippen molar-refractivity contribution in [2.24, 2.45) is 0 Å². The van der Waals surface area contributed by atoms with Crippen LogP contribution < -0.4 is 4.90 Å². The van der Waals surface area contributed by atoms with E-state index in [2.05, 4.69) is 228 Å². The lowest BCUT2D eigenvalue weighted by atomic mass is 9.95. The van der Waals surface area contributed by atoms with E-state index in [1.54, 1.807) is 0 Å². The smallest absolute Gasteiger partial charge is 0.0562 e. The zero-order chi connectivity index (χ0) is 37.7. The third kappa shape index (κ3) is 5.63. The van der Waals surface area contributed by atoms with Crippen LogP contribution in [0.2, 0.25) is 0 Å². The summed E-state index contributed by atoms with van der Waals surface area (Å²) in [6, 6.07) is 79.4. The normalized spacial score (nSPS) is 11.5. The standard InChI is InChI=1S/C54H36N2S/c1-4-16-37(17-5-1)38-30-33-42(34-31-38)56(50-28-15-27-49-53(50)47-23-10-12-26-48(47)55(49)41-20-8-3-9-21-41)51-36-40(32-35-43(51)39-18-6-2-7-19-39)44-24-14-25-46-45-22-11-13-29-52(45)57-54(44)46/h1-36H. The van der Waals surface area contributed by atoms with Gasteiger partial charge in [0.15, 0.2) is 0 Å². The van der Waals surface area contributed by atoms with Gasteiger partial charge in [-0.05, 0) is 82.4 Å². The fourth-order valence-electron chi connectivity index (χ4n) is 8.60. The molecular weight excluding hydrogens is 709 g/mol. The van der Waals surface area contributed by atoms with Crippen LogP contribution in [-0.2, 0) is 0 Å². The number of rotatable bonds is 7. The van der Waals surface area contributed by atoms with E-state index >= 15 is 0 Å². The van der Waals surface area contributed by atoms with Gasteiger partial charge in [-0.1, -0.05) is 164 Å². The molecule has 0 unspecified atom stereocenters. The lowest BCUT2D eigenvalue weighted by molar-refractivity contribution is 1.18. The lowest BCUT2D eigenvalue weighted by Crippen LogP contribution is -2.12. The molecule has 0 saturated heterocycles. The zero-order valence-corrected chi connectivity index (χ0v) is 31.9. The lowest BCUT2D eigenvalue weighted by Gasteiger charge is -2.29. The molecule has 0 saturated carbocycles. The van der Waals surface area contributed by atoms with E-state index in [0.717, 1.165) is 22.7 Å². The largest absolute Gasteiger partial charge is 0.309 e. The second-order valence-corrected chi connectivity index (χ2v) is 15.5. The van der Waals surface area contributed by atoms with E-state index in [0.29, 0.717) is 0 Å². The first-order chi connectivity index (χ1) is 28.3. The summed E-state index contributed by atoms with van der Waals surface area (Å²) in [6.07, 6.45) is 0. The number of aromatic nitrogens is 1. The van der Waals surface area contributed by atoms with Gasteiger partial charge >= 0.3 is 0 Å². The molecule has 2 heterocycles. The van der Waals surface area contributed by atoms with Gasteiger partial charge in [-0.3, -0.25) is 0 Å². The first kappa shape index (κ1) is 33.2. The van der Waals surface area contributed by atoms with Crippen molar-refractivity contribution in [1.82, 2.24) is 4.57 Å². The number of hydrogen-bond acceptors (Lipinski definition) is 2. The SMILES string of the molecule is c1ccc(-c2ccc(N(c3cc(-c4cccc5c4sc4ccccc45)ccc3-c3ccccc3)c3cccc4c3c3ccccc3n4-c3ccccc3)cc2)cc1. The van der Waals surface area contributed by atoms with Crippen LogP contribution >= 0.6 is 11.3 Å². The highest BCUT2D eigenvalue weighted by atomic mass is 32.1. The first-order valence-electron chi connectivity index (χ1n) is 19.4. The number of hydrogen-bond donors (Lipinski definition) is 0. The Balaban J connectivity index is 1.22. The van der Waals surface area contributed by atoms with Crippen molar-refractivity contribution in [3.63, 3.8) is 0 Å². The van der Waals surface area contributed by atoms with E-state index in [9.17, 15) is 0 Å². The molecule has 57 heavy (non-hydrogen) atoms. The second-order valence-electron chi connectivity index (χ2n) is 14.5. The Morgan fingerprint density at radius 3 is 1.75 bits per heavy atom. The summed E-state index contributed by atoms with van der Waals surface area (Å²) in [6.45, 7) is 0. The Labute approximate surface area is 335 Å². The average Bonchev–Trinajstić information content (AvgIpc) is 3.84. The fraction of sp³-hybridized carbons (Fsp3) is 0. The molecule has 0 radical (unpaired) electrons. The van der Waals surface area contributed by atoms with E-state index in [-0.39, 0.29) is 0 Å². The molecule has 0 amide bonds. The average molecular weight is 745 g/mol. The maximum absolute atomic E-state index is 2.50. The van der Waals surface area contributed by atoms with E-state index in [1.165, 1.54) is 75.4 Å². The first-order valence-corrected chi connectivity index (χ1v) is 20.3. The molecule has 9 aromatic carbocycles. The van der Waals surface area contributed by atoms with Crippen molar-refractivity contribution in [3.05, 3.63) is 218 Å². The van der Waals surface area contributed by atoms with Gasteiger partial charge in [-0.15, -0.1) is 11.3 Å². The summed E-state index contributed by atoms with van der Waals surface area (Å²) < 4.78 is 5.02. The monoisotopic (exact) mass is 744 g/mol. The molecule has 11 aromatic rings. The highest BCUT2D eigenvalue weighted by Gasteiger charge is 2.24. The molecule has 0 atom stereocenters. The number of nitrogens with zero attached hydrogens (tertiary/aromatic N) is 2. The maximum Gasteiger partial charge on any atom is 0.0562 e. The van der Waals surface area contributed by atoms with E-state index in [4.69, 9.17) is 0 Å². The Morgan fingerprint density at radius 1 is 0.368 bits per heavy atom. The Kier molecular flexibility index (Phi) is 8.04. The summed E-state index contributed by atoms with van der Waals surface area (Å²) in [4.78, 5) is 2.50. The molecule has 0 aliphatic carbocycles. The predicted molar refractivity (Wildman–Crippen MR) is 245 cm³/mol. The van der Waals surface area contributed by atoms with Crippen LogP contribution in [0.3, 0.4) is 0 Å². The van der Waals surface area contributed by atoms with Gasteiger partial charge in [-0.25, -0.2) is 0 Å². The Bertz CT molecular complexity index is 3220. The van der Waals surface area contributed by atoms with Crippen LogP contribution in [0.15, 0.2) is 218 Å². The van der Waals surface area contributed by atoms with Gasteiger partial charge < -0.3 is 9.47 Å². The van der Waals surface area contributed by atoms with Gasteiger partial charge in [0.1, 0.15) is 0 Å². The molecular formula is C54H36N2S. The van der Waals surface area contributed by atoms with Crippen molar-refractivity contribution in [1.29, 1.82) is 0 Å². The molecule has 0 bridgehead atoms. The van der Waals surface area contributed by atoms with Crippen LogP contribution in [0.1, 0.15) is 0 Å². The van der Waals surface area contributed by atoms with Gasteiger partial charge in [0, 0.05) is 47.9 Å². The number of thiophene rings is 1. The van der Waals surface area contributed by atoms with Crippen molar-refractivity contribution < 1.29 is 0 Å². The van der Waals surface area contributed by atoms with E-state index < -0.39 is 0 Å². The summed E-state index contributed by atoms with van der Waals surface area (Å²) in [7, 11) is 0. The fourth-order valence-corrected chi connectivity index (χ4v) is 9.84. The third-order valence-corrected chi connectivity index (χ3v) is 12.4. The van der Waals surface area contributed by atoms with Crippen LogP contribution in [-0.4, -0.2) is 4.57 Å². The Morgan fingerprint density at radius 2 is 0.965 bits per heavy atom. The number of anilines is 3. The number of para-hydroxylation sites is 2. The number of fused-ring (bicyclic) bond motifs is 6. The predicted octanol–water partition coefficient (Wildman–Crippen LogP) is 15.6. The minimum Gasteiger partial charge on any atom is -0.309 e. The zero-order valence-electron chi connectivity index (χ0n) is 31.1. The summed E-state index contributed by atoms with van der Waals surface area (Å²) in [5.41, 5.74) is 14.0. The van der Waals surface area contributed by atoms with Crippen molar-refractivity contribution in [3.8, 4) is 39.1 Å². The van der Waals surface area contributed by atoms with Gasteiger partial charge in [0.25, 0.3) is 0 Å². The van der Waals surface area contributed by atoms with Gasteiger partial charge in [-0.2, -0.15) is 0 Å². The molecule has 0 fully saturated rings. The molecule has 268 valence electrons. The van der Waals surface area contributed by atoms with Crippen LogP contribution in [0.4, 0.5) is 17.1 Å². The Hall–Kier alpha value is -7.20. The van der Waals surface area contributed by atoms with E-state index in [1.807, 2.05) is 11.3 Å². The topological polar surface area (TPSA) is 8.17 Å². The van der Waals surface area contributed by atoms with Gasteiger partial charge in [0.2, 0.25) is 0 Å². The minimum atomic E-state index is 1.09. The molecule has 0 N–H and O–H groups in total. The number of benzene rings is 9. The molecule has 0 spiro atoms. The summed E-state index contributed by atoms with van der Waals surface area (Å²) in [5, 5.41) is 5.03. The van der Waals surface area contributed by atoms with Gasteiger partial charge in [0.05, 0.1) is 22.4 Å². The third-order valence-electron chi connectivity index (χ3n) is 11.2. The van der Waals surface area contributed by atoms with Crippen LogP contribution in [0.25, 0.3) is 81.0 Å². The molecule has 3 heteroatoms. The molecule has 11 rings (SSSR count). The van der Waals surface area contributed by atoms with Crippen LogP contribution in [0.5, 0.6) is 0 Å². The minimum absolute atomic E-state index is 1.09. The molecule has 2 aromatic heterocycles. The highest BCUT2D eigenvalue weighted by Crippen LogP contribution is 2.49. The molecule has 0 aliphatic heterocycles. The second kappa shape index (κ2) is 13.8. The van der Waals surface area contributed by atoms with Crippen molar-refractivity contribution in [2.75, 3.05) is 4.90 Å². The van der Waals surface area contributed by atoms with Crippen molar-refractivity contribution >= 4 is 70.4 Å². The quantitative estimate of drug-likeness (QED) is 0.158. The highest BCUT2D eigenvalue weighted by molar-refractivity contribution is 7.26. The maximum atomic E-state index is 2.50. The summed E-state index contributed by atoms with van der Waals surface area (Å²) >= 11 is 1.88. The van der Waals surface area contributed by atoms with Crippen molar-refractivity contribution in [2.45, 2.75) is 0 Å². The van der Waals surface area contributed by atoms with Crippen LogP contribution in [0, 0.1) is 0 Å². The molecule has 2 nitrogen and oxygen atoms in total. The molecule has 0 aliphatic rings. The summed E-state index contributed by atoms with van der Waals surface area (Å²) in [5.74, 6) is 0.